The highest BCUT2D eigenvalue weighted by Crippen LogP contribution is 2.42. The summed E-state index contributed by atoms with van der Waals surface area (Å²) in [6.45, 7) is 10.3. The molecule has 0 aromatic heterocycles. The molecule has 1 amide bonds. The van der Waals surface area contributed by atoms with Crippen molar-refractivity contribution in [3.05, 3.63) is 35.9 Å². The molecule has 2 saturated heterocycles. The van der Waals surface area contributed by atoms with E-state index < -0.39 is 10.8 Å². The Balaban J connectivity index is 0.00000145. The number of carbonyl (C=O) groups excluding carboxylic acids is 1. The molecular formula is C24H40N2O2S. The van der Waals surface area contributed by atoms with E-state index in [0.29, 0.717) is 23.9 Å². The Hall–Kier alpha value is -1.20. The van der Waals surface area contributed by atoms with Crippen molar-refractivity contribution in [2.24, 2.45) is 17.6 Å². The van der Waals surface area contributed by atoms with Crippen LogP contribution in [-0.4, -0.2) is 44.1 Å². The van der Waals surface area contributed by atoms with E-state index in [0.717, 1.165) is 37.9 Å². The van der Waals surface area contributed by atoms with Crippen molar-refractivity contribution in [1.82, 2.24) is 4.90 Å². The largest absolute Gasteiger partial charge is 0.336 e. The highest BCUT2D eigenvalue weighted by Gasteiger charge is 2.45. The van der Waals surface area contributed by atoms with Crippen molar-refractivity contribution >= 4 is 16.7 Å². The van der Waals surface area contributed by atoms with Crippen LogP contribution in [0.25, 0.3) is 0 Å². The molecule has 2 N–H and O–H groups in total. The van der Waals surface area contributed by atoms with Crippen LogP contribution in [0.1, 0.15) is 65.9 Å². The fourth-order valence-corrected chi connectivity index (χ4v) is 6.12. The monoisotopic (exact) mass is 420 g/mol. The maximum atomic E-state index is 12.9. The van der Waals surface area contributed by atoms with E-state index in [1.54, 1.807) is 0 Å². The lowest BCUT2D eigenvalue weighted by molar-refractivity contribution is -0.135. The van der Waals surface area contributed by atoms with Gasteiger partial charge in [-0.1, -0.05) is 44.2 Å². The molecule has 5 heteroatoms. The molecule has 2 heterocycles. The number of fused-ring (bicyclic) bond motifs is 2. The topological polar surface area (TPSA) is 63.4 Å². The summed E-state index contributed by atoms with van der Waals surface area (Å²) in [5, 5.41) is 0. The third kappa shape index (κ3) is 6.14. The van der Waals surface area contributed by atoms with Gasteiger partial charge in [-0.3, -0.25) is 9.00 Å². The summed E-state index contributed by atoms with van der Waals surface area (Å²) in [6.07, 6.45) is 5.21. The Morgan fingerprint density at radius 1 is 1.14 bits per heavy atom. The third-order valence-electron chi connectivity index (χ3n) is 6.29. The second-order valence-electron chi connectivity index (χ2n) is 9.20. The smallest absolute Gasteiger partial charge is 0.236 e. The van der Waals surface area contributed by atoms with E-state index in [-0.39, 0.29) is 17.2 Å². The van der Waals surface area contributed by atoms with E-state index in [1.807, 2.05) is 19.9 Å². The molecule has 5 atom stereocenters. The van der Waals surface area contributed by atoms with Crippen LogP contribution in [-0.2, 0) is 22.0 Å². The molecule has 1 aromatic carbocycles. The molecule has 2 bridgehead atoms. The van der Waals surface area contributed by atoms with Gasteiger partial charge in [0.15, 0.2) is 0 Å². The van der Waals surface area contributed by atoms with Gasteiger partial charge in [-0.2, -0.15) is 0 Å². The number of hydrogen-bond acceptors (Lipinski definition) is 3. The molecule has 0 aliphatic carbocycles. The van der Waals surface area contributed by atoms with E-state index in [4.69, 9.17) is 5.73 Å². The van der Waals surface area contributed by atoms with Gasteiger partial charge in [0.1, 0.15) is 0 Å². The zero-order chi connectivity index (χ0) is 21.6. The summed E-state index contributed by atoms with van der Waals surface area (Å²) < 4.78 is 12.7. The number of rotatable bonds is 6. The second-order valence-corrected chi connectivity index (χ2v) is 11.4. The number of benzene rings is 1. The minimum absolute atomic E-state index is 0.0961. The van der Waals surface area contributed by atoms with Gasteiger partial charge in [0.25, 0.3) is 0 Å². The highest BCUT2D eigenvalue weighted by atomic mass is 32.2. The first-order valence-electron chi connectivity index (χ1n) is 11.2. The van der Waals surface area contributed by atoms with Crippen LogP contribution >= 0.6 is 0 Å². The van der Waals surface area contributed by atoms with E-state index in [1.165, 1.54) is 5.56 Å². The Morgan fingerprint density at radius 3 is 2.17 bits per heavy atom. The number of hydrogen-bond donors (Lipinski definition) is 1. The van der Waals surface area contributed by atoms with Gasteiger partial charge in [0.05, 0.1) is 6.54 Å². The lowest BCUT2D eigenvalue weighted by atomic mass is 9.79. The first-order valence-corrected chi connectivity index (χ1v) is 12.5. The molecule has 3 rings (SSSR count). The molecule has 0 spiro atoms. The van der Waals surface area contributed by atoms with Crippen molar-refractivity contribution < 1.29 is 9.00 Å². The van der Waals surface area contributed by atoms with Gasteiger partial charge < -0.3 is 10.6 Å². The number of piperidine rings is 1. The van der Waals surface area contributed by atoms with Crippen LogP contribution in [0.5, 0.6) is 0 Å². The van der Waals surface area contributed by atoms with Crippen LogP contribution in [0.3, 0.4) is 0 Å². The number of nitrogens with zero attached hydrogens (tertiary/aromatic N) is 1. The zero-order valence-electron chi connectivity index (χ0n) is 18.9. The van der Waals surface area contributed by atoms with Crippen molar-refractivity contribution in [2.75, 3.05) is 12.3 Å². The van der Waals surface area contributed by atoms with E-state index >= 15 is 0 Å². The van der Waals surface area contributed by atoms with Crippen molar-refractivity contribution in [1.29, 1.82) is 0 Å². The number of nitrogens with two attached hydrogens (primary N) is 1. The van der Waals surface area contributed by atoms with Gasteiger partial charge in [-0.25, -0.2) is 0 Å². The number of amides is 1. The Morgan fingerprint density at radius 2 is 1.69 bits per heavy atom. The highest BCUT2D eigenvalue weighted by molar-refractivity contribution is 7.86. The SMILES string of the molecule is CC.CC(C)(C)[S@](=O)C[C@@H](Cc1ccccc1)C1C[C@H]2CC[C@@H](C1)N2C(=O)CN. The number of carbonyl (C=O) groups is 1. The first kappa shape index (κ1) is 24.1. The fraction of sp³-hybridized carbons (Fsp3) is 0.708. The maximum absolute atomic E-state index is 12.9. The second kappa shape index (κ2) is 10.7. The van der Waals surface area contributed by atoms with Crippen LogP contribution in [0.2, 0.25) is 0 Å². The molecule has 2 aliphatic rings. The predicted molar refractivity (Wildman–Crippen MR) is 123 cm³/mol. The Labute approximate surface area is 180 Å². The average Bonchev–Trinajstić information content (AvgIpc) is 2.97. The molecule has 0 saturated carbocycles. The van der Waals surface area contributed by atoms with Gasteiger partial charge in [-0.05, 0) is 70.3 Å². The lowest BCUT2D eigenvalue weighted by Crippen LogP contribution is -2.50. The van der Waals surface area contributed by atoms with Crippen molar-refractivity contribution in [3.63, 3.8) is 0 Å². The van der Waals surface area contributed by atoms with Crippen LogP contribution < -0.4 is 5.73 Å². The zero-order valence-corrected chi connectivity index (χ0v) is 19.7. The fourth-order valence-electron chi connectivity index (χ4n) is 4.84. The van der Waals surface area contributed by atoms with Gasteiger partial charge >= 0.3 is 0 Å². The van der Waals surface area contributed by atoms with Crippen LogP contribution in [0.4, 0.5) is 0 Å². The third-order valence-corrected chi connectivity index (χ3v) is 8.38. The van der Waals surface area contributed by atoms with E-state index in [9.17, 15) is 9.00 Å². The van der Waals surface area contributed by atoms with Crippen molar-refractivity contribution in [2.45, 2.75) is 83.6 Å². The van der Waals surface area contributed by atoms with Crippen molar-refractivity contribution in [3.8, 4) is 0 Å². The van der Waals surface area contributed by atoms with Crippen LogP contribution in [0.15, 0.2) is 30.3 Å². The Bertz CT molecular complexity index is 657. The molecular weight excluding hydrogens is 380 g/mol. The molecule has 0 radical (unpaired) electrons. The molecule has 2 aliphatic heterocycles. The summed E-state index contributed by atoms with van der Waals surface area (Å²) >= 11 is 0. The van der Waals surface area contributed by atoms with Gasteiger partial charge in [0.2, 0.25) is 5.91 Å². The quantitative estimate of drug-likeness (QED) is 0.752. The predicted octanol–water partition coefficient (Wildman–Crippen LogP) is 4.15. The summed E-state index contributed by atoms with van der Waals surface area (Å²) in [5.41, 5.74) is 6.95. The molecule has 1 unspecified atom stereocenters. The lowest BCUT2D eigenvalue weighted by Gasteiger charge is -2.42. The van der Waals surface area contributed by atoms with Gasteiger partial charge in [0, 0.05) is 33.4 Å². The molecule has 2 fully saturated rings. The molecule has 1 aromatic rings. The Kier molecular flexibility index (Phi) is 8.90. The molecule has 4 nitrogen and oxygen atoms in total. The van der Waals surface area contributed by atoms with Gasteiger partial charge in [-0.15, -0.1) is 0 Å². The molecule has 29 heavy (non-hydrogen) atoms. The summed E-state index contributed by atoms with van der Waals surface area (Å²) in [5.74, 6) is 1.76. The first-order chi connectivity index (χ1) is 13.8. The molecule has 164 valence electrons. The van der Waals surface area contributed by atoms with Crippen LogP contribution in [0, 0.1) is 11.8 Å². The standard InChI is InChI=1S/C22H34N2O2S.C2H6/c1-22(2,3)27(26)15-18(11-16-7-5-4-6-8-16)17-12-19-9-10-20(13-17)24(19)21(25)14-23;1-2/h4-8,17-20H,9-15,23H2,1-3H3;1-2H3/t17?,18-,19-,20+,27-;/m1./s1. The summed E-state index contributed by atoms with van der Waals surface area (Å²) in [7, 11) is -0.864. The summed E-state index contributed by atoms with van der Waals surface area (Å²) in [4.78, 5) is 14.3. The summed E-state index contributed by atoms with van der Waals surface area (Å²) in [6, 6.07) is 11.2. The van der Waals surface area contributed by atoms with E-state index in [2.05, 4.69) is 49.9 Å². The maximum Gasteiger partial charge on any atom is 0.236 e. The average molecular weight is 421 g/mol. The normalized spacial score (nSPS) is 25.7. The minimum atomic E-state index is -0.864. The minimum Gasteiger partial charge on any atom is -0.336 e.